The number of rotatable bonds is 5. The number of halogens is 2. The molecule has 3 aromatic rings. The molecule has 4 nitrogen and oxygen atoms in total. The first-order valence-corrected chi connectivity index (χ1v) is 9.76. The molecule has 0 unspecified atom stereocenters. The van der Waals surface area contributed by atoms with E-state index in [0.717, 1.165) is 14.9 Å². The van der Waals surface area contributed by atoms with E-state index in [4.69, 9.17) is 11.6 Å². The van der Waals surface area contributed by atoms with Gasteiger partial charge in [-0.15, -0.1) is 21.5 Å². The SMILES string of the molecule is O=C(NCc1ccccc1)c1nnc(/C(Cl)=C/c2csc(Br)c2)s1. The second kappa shape index (κ2) is 8.02. The topological polar surface area (TPSA) is 54.9 Å². The highest BCUT2D eigenvalue weighted by molar-refractivity contribution is 9.11. The standard InChI is InChI=1S/C16H11BrClN3OS2/c17-13-7-11(9-23-13)6-12(18)15-20-21-16(24-15)14(22)19-8-10-4-2-1-3-5-10/h1-7,9H,8H2,(H,19,22)/b12-6-. The maximum Gasteiger partial charge on any atom is 0.282 e. The maximum absolute atomic E-state index is 12.1. The van der Waals surface area contributed by atoms with E-state index in [0.29, 0.717) is 21.6 Å². The zero-order chi connectivity index (χ0) is 16.9. The maximum atomic E-state index is 12.1. The van der Waals surface area contributed by atoms with Gasteiger partial charge < -0.3 is 5.32 Å². The van der Waals surface area contributed by atoms with Crippen LogP contribution < -0.4 is 5.32 Å². The van der Waals surface area contributed by atoms with Gasteiger partial charge in [0.05, 0.1) is 8.82 Å². The molecule has 3 rings (SSSR count). The van der Waals surface area contributed by atoms with Crippen LogP contribution in [0.1, 0.15) is 25.9 Å². The summed E-state index contributed by atoms with van der Waals surface area (Å²) in [5.41, 5.74) is 2.00. The Kier molecular flexibility index (Phi) is 5.78. The van der Waals surface area contributed by atoms with Gasteiger partial charge in [-0.05, 0) is 44.6 Å². The van der Waals surface area contributed by atoms with Crippen molar-refractivity contribution in [2.75, 3.05) is 0 Å². The van der Waals surface area contributed by atoms with E-state index in [2.05, 4.69) is 31.4 Å². The van der Waals surface area contributed by atoms with Crippen LogP contribution in [0, 0.1) is 0 Å². The van der Waals surface area contributed by atoms with Gasteiger partial charge in [0.15, 0.2) is 5.01 Å². The molecule has 24 heavy (non-hydrogen) atoms. The zero-order valence-electron chi connectivity index (χ0n) is 12.2. The van der Waals surface area contributed by atoms with Gasteiger partial charge in [0.25, 0.3) is 5.91 Å². The molecule has 122 valence electrons. The Balaban J connectivity index is 1.66. The molecule has 0 saturated carbocycles. The second-order valence-corrected chi connectivity index (χ2v) is 8.43. The molecule has 1 amide bonds. The molecule has 8 heteroatoms. The molecule has 1 N–H and O–H groups in total. The van der Waals surface area contributed by atoms with Gasteiger partial charge in [-0.1, -0.05) is 53.3 Å². The number of aromatic nitrogens is 2. The van der Waals surface area contributed by atoms with E-state index in [9.17, 15) is 4.79 Å². The number of amides is 1. The monoisotopic (exact) mass is 439 g/mol. The van der Waals surface area contributed by atoms with Crippen LogP contribution in [0.3, 0.4) is 0 Å². The van der Waals surface area contributed by atoms with Crippen LogP contribution in [-0.2, 0) is 6.54 Å². The molecule has 0 aliphatic heterocycles. The van der Waals surface area contributed by atoms with Crippen LogP contribution in [0.2, 0.25) is 0 Å². The molecule has 0 radical (unpaired) electrons. The fourth-order valence-electron chi connectivity index (χ4n) is 1.87. The molecule has 0 spiro atoms. The van der Waals surface area contributed by atoms with Crippen LogP contribution in [0.15, 0.2) is 45.6 Å². The van der Waals surface area contributed by atoms with E-state index in [1.807, 2.05) is 41.8 Å². The fourth-order valence-corrected chi connectivity index (χ4v) is 3.95. The molecule has 0 bridgehead atoms. The van der Waals surface area contributed by atoms with Crippen molar-refractivity contribution >= 4 is 67.2 Å². The lowest BCUT2D eigenvalue weighted by Gasteiger charge is -2.01. The lowest BCUT2D eigenvalue weighted by molar-refractivity contribution is 0.0950. The van der Waals surface area contributed by atoms with E-state index in [-0.39, 0.29) is 5.91 Å². The summed E-state index contributed by atoms with van der Waals surface area (Å²) in [6.07, 6.45) is 1.80. The Morgan fingerprint density at radius 3 is 2.71 bits per heavy atom. The smallest absolute Gasteiger partial charge is 0.282 e. The van der Waals surface area contributed by atoms with E-state index < -0.39 is 0 Å². The number of thiophene rings is 1. The van der Waals surface area contributed by atoms with Crippen molar-refractivity contribution in [3.8, 4) is 0 Å². The molecule has 2 heterocycles. The molecular formula is C16H11BrClN3OS2. The predicted molar refractivity (Wildman–Crippen MR) is 103 cm³/mol. The Bertz CT molecular complexity index is 876. The summed E-state index contributed by atoms with van der Waals surface area (Å²) in [6.45, 7) is 0.446. The number of benzene rings is 1. The Morgan fingerprint density at radius 2 is 2.00 bits per heavy atom. The van der Waals surface area contributed by atoms with Crippen molar-refractivity contribution in [1.82, 2.24) is 15.5 Å². The first-order chi connectivity index (χ1) is 11.6. The first-order valence-electron chi connectivity index (χ1n) is 6.89. The van der Waals surface area contributed by atoms with Crippen molar-refractivity contribution in [2.24, 2.45) is 0 Å². The second-order valence-electron chi connectivity index (χ2n) is 4.76. The van der Waals surface area contributed by atoms with Gasteiger partial charge >= 0.3 is 0 Å². The van der Waals surface area contributed by atoms with Crippen molar-refractivity contribution in [3.05, 3.63) is 66.7 Å². The number of hydrogen-bond acceptors (Lipinski definition) is 5. The summed E-state index contributed by atoms with van der Waals surface area (Å²) in [5.74, 6) is -0.259. The summed E-state index contributed by atoms with van der Waals surface area (Å²) < 4.78 is 1.02. The number of hydrogen-bond donors (Lipinski definition) is 1. The van der Waals surface area contributed by atoms with Crippen LogP contribution >= 0.6 is 50.2 Å². The third-order valence-electron chi connectivity index (χ3n) is 3.00. The van der Waals surface area contributed by atoms with Crippen molar-refractivity contribution in [2.45, 2.75) is 6.54 Å². The molecule has 1 aromatic carbocycles. The number of carbonyl (C=O) groups is 1. The largest absolute Gasteiger partial charge is 0.346 e. The van der Waals surface area contributed by atoms with Crippen molar-refractivity contribution in [1.29, 1.82) is 0 Å². The van der Waals surface area contributed by atoms with Crippen LogP contribution in [0.4, 0.5) is 0 Å². The molecule has 0 saturated heterocycles. The number of nitrogens with one attached hydrogen (secondary N) is 1. The number of carbonyl (C=O) groups excluding carboxylic acids is 1. The Morgan fingerprint density at radius 1 is 1.25 bits per heavy atom. The molecule has 0 fully saturated rings. The van der Waals surface area contributed by atoms with E-state index in [1.165, 1.54) is 11.3 Å². The molecule has 2 aromatic heterocycles. The number of nitrogens with zero attached hydrogens (tertiary/aromatic N) is 2. The summed E-state index contributed by atoms with van der Waals surface area (Å²) in [4.78, 5) is 12.1. The van der Waals surface area contributed by atoms with Crippen molar-refractivity contribution in [3.63, 3.8) is 0 Å². The normalized spacial score (nSPS) is 11.5. The summed E-state index contributed by atoms with van der Waals surface area (Å²) in [7, 11) is 0. The van der Waals surface area contributed by atoms with E-state index in [1.54, 1.807) is 17.4 Å². The summed E-state index contributed by atoms with van der Waals surface area (Å²) in [6, 6.07) is 11.6. The highest BCUT2D eigenvalue weighted by Gasteiger charge is 2.14. The lowest BCUT2D eigenvalue weighted by Crippen LogP contribution is -2.22. The molecule has 0 aliphatic carbocycles. The van der Waals surface area contributed by atoms with Gasteiger partial charge in [-0.3, -0.25) is 4.79 Å². The average molecular weight is 441 g/mol. The van der Waals surface area contributed by atoms with Gasteiger partial charge in [0.2, 0.25) is 5.01 Å². The minimum atomic E-state index is -0.259. The van der Waals surface area contributed by atoms with Gasteiger partial charge in [0, 0.05) is 6.54 Å². The molecule has 0 aliphatic rings. The average Bonchev–Trinajstić information content (AvgIpc) is 3.23. The predicted octanol–water partition coefficient (Wildman–Crippen LogP) is 5.03. The summed E-state index contributed by atoms with van der Waals surface area (Å²) >= 11 is 12.4. The lowest BCUT2D eigenvalue weighted by atomic mass is 10.2. The fraction of sp³-hybridized carbons (Fsp3) is 0.0625. The minimum absolute atomic E-state index is 0.259. The first kappa shape index (κ1) is 17.3. The Hall–Kier alpha value is -1.54. The van der Waals surface area contributed by atoms with Crippen LogP contribution in [0.25, 0.3) is 11.1 Å². The van der Waals surface area contributed by atoms with Gasteiger partial charge in [-0.25, -0.2) is 0 Å². The van der Waals surface area contributed by atoms with Crippen LogP contribution in [0.5, 0.6) is 0 Å². The van der Waals surface area contributed by atoms with Gasteiger partial charge in [0.1, 0.15) is 0 Å². The van der Waals surface area contributed by atoms with Crippen LogP contribution in [-0.4, -0.2) is 16.1 Å². The zero-order valence-corrected chi connectivity index (χ0v) is 16.2. The van der Waals surface area contributed by atoms with E-state index >= 15 is 0 Å². The molecule has 0 atom stereocenters. The third kappa shape index (κ3) is 4.51. The Labute approximate surface area is 160 Å². The minimum Gasteiger partial charge on any atom is -0.346 e. The van der Waals surface area contributed by atoms with Crippen molar-refractivity contribution < 1.29 is 4.79 Å². The molecular weight excluding hydrogens is 430 g/mol. The summed E-state index contributed by atoms with van der Waals surface area (Å²) in [5, 5.41) is 14.0. The highest BCUT2D eigenvalue weighted by atomic mass is 79.9. The quantitative estimate of drug-likeness (QED) is 0.605. The highest BCUT2D eigenvalue weighted by Crippen LogP contribution is 2.28. The van der Waals surface area contributed by atoms with Gasteiger partial charge in [-0.2, -0.15) is 0 Å². The third-order valence-corrected chi connectivity index (χ3v) is 5.88.